The molecule has 2 unspecified atom stereocenters. The van der Waals surface area contributed by atoms with Gasteiger partial charge in [-0.1, -0.05) is 0 Å². The van der Waals surface area contributed by atoms with Gasteiger partial charge in [-0.3, -0.25) is 14.5 Å². The number of hydrogen-bond donors (Lipinski definition) is 1. The average Bonchev–Trinajstić information content (AvgIpc) is 3.39. The molecule has 2 saturated heterocycles. The van der Waals surface area contributed by atoms with E-state index >= 15 is 0 Å². The molecular formula is C24H25F2N3O5. The van der Waals surface area contributed by atoms with Gasteiger partial charge in [0, 0.05) is 17.7 Å². The summed E-state index contributed by atoms with van der Waals surface area (Å²) in [5.41, 5.74) is -1.37. The molecule has 2 aromatic rings. The molecule has 4 amide bonds. The van der Waals surface area contributed by atoms with E-state index in [9.17, 15) is 23.2 Å². The number of likely N-dealkylation sites (tertiary alicyclic amines) is 1. The Balaban J connectivity index is 1.57. The van der Waals surface area contributed by atoms with Crippen LogP contribution < -0.4 is 14.8 Å². The van der Waals surface area contributed by atoms with E-state index in [1.807, 2.05) is 0 Å². The minimum Gasteiger partial charge on any atom is -0.497 e. The first-order chi connectivity index (χ1) is 16.2. The molecule has 34 heavy (non-hydrogen) atoms. The van der Waals surface area contributed by atoms with Crippen LogP contribution in [0.25, 0.3) is 0 Å². The number of urea groups is 1. The van der Waals surface area contributed by atoms with Gasteiger partial charge in [0.25, 0.3) is 5.91 Å². The average molecular weight is 473 g/mol. The Morgan fingerprint density at radius 2 is 1.91 bits per heavy atom. The highest BCUT2D eigenvalue weighted by atomic mass is 19.1. The minimum absolute atomic E-state index is 0.305. The maximum Gasteiger partial charge on any atom is 0.325 e. The van der Waals surface area contributed by atoms with Crippen molar-refractivity contribution in [2.75, 3.05) is 27.3 Å². The summed E-state index contributed by atoms with van der Waals surface area (Å²) in [7, 11) is 3.07. The number of methoxy groups -OCH3 is 2. The van der Waals surface area contributed by atoms with Crippen LogP contribution in [0.4, 0.5) is 13.6 Å². The molecule has 1 N–H and O–H groups in total. The Labute approximate surface area is 195 Å². The third kappa shape index (κ3) is 3.93. The lowest BCUT2D eigenvalue weighted by atomic mass is 9.91. The molecule has 0 saturated carbocycles. The second-order valence-corrected chi connectivity index (χ2v) is 8.42. The number of carbonyl (C=O) groups is 3. The standard InChI is InChI=1S/C24H25F2N3O5/c1-24(17-11-14(25)6-8-18(17)26)22(31)29(23(32)27-24)13-21(30)28-10-4-5-19(28)16-12-15(33-2)7-9-20(16)34-3/h6-9,11-12,19H,4-5,10,13H2,1-3H3,(H,27,32). The fraction of sp³-hybridized carbons (Fsp3) is 0.375. The van der Waals surface area contributed by atoms with Crippen LogP contribution >= 0.6 is 0 Å². The van der Waals surface area contributed by atoms with Gasteiger partial charge in [0.15, 0.2) is 0 Å². The molecule has 180 valence electrons. The molecule has 10 heteroatoms. The van der Waals surface area contributed by atoms with Crippen molar-refractivity contribution in [2.24, 2.45) is 0 Å². The van der Waals surface area contributed by atoms with Crippen LogP contribution in [0, 0.1) is 11.6 Å². The van der Waals surface area contributed by atoms with E-state index in [4.69, 9.17) is 9.47 Å². The molecule has 2 aliphatic rings. The van der Waals surface area contributed by atoms with Gasteiger partial charge in [0.05, 0.1) is 20.3 Å². The van der Waals surface area contributed by atoms with Crippen LogP contribution in [-0.2, 0) is 15.1 Å². The normalized spacial score (nSPS) is 22.2. The number of halogens is 2. The molecule has 2 aromatic carbocycles. The van der Waals surface area contributed by atoms with Gasteiger partial charge in [0.1, 0.15) is 35.2 Å². The van der Waals surface area contributed by atoms with Gasteiger partial charge < -0.3 is 19.7 Å². The van der Waals surface area contributed by atoms with Crippen molar-refractivity contribution in [1.29, 1.82) is 0 Å². The van der Waals surface area contributed by atoms with Crippen LogP contribution in [0.5, 0.6) is 11.5 Å². The van der Waals surface area contributed by atoms with Crippen LogP contribution in [0.3, 0.4) is 0 Å². The van der Waals surface area contributed by atoms with E-state index < -0.39 is 41.6 Å². The summed E-state index contributed by atoms with van der Waals surface area (Å²) in [6, 6.07) is 6.81. The molecule has 2 fully saturated rings. The summed E-state index contributed by atoms with van der Waals surface area (Å²) in [5.74, 6) is -1.66. The number of carbonyl (C=O) groups excluding carboxylic acids is 3. The Morgan fingerprint density at radius 3 is 2.62 bits per heavy atom. The predicted molar refractivity (Wildman–Crippen MR) is 117 cm³/mol. The summed E-state index contributed by atoms with van der Waals surface area (Å²) < 4.78 is 38.9. The van der Waals surface area contributed by atoms with E-state index in [1.165, 1.54) is 14.0 Å². The Kier molecular flexibility index (Phi) is 6.16. The third-order valence-corrected chi connectivity index (χ3v) is 6.40. The number of rotatable bonds is 6. The van der Waals surface area contributed by atoms with Crippen molar-refractivity contribution in [3.8, 4) is 11.5 Å². The zero-order valence-corrected chi connectivity index (χ0v) is 19.1. The molecule has 2 aliphatic heterocycles. The molecule has 8 nitrogen and oxygen atoms in total. The summed E-state index contributed by atoms with van der Waals surface area (Å²) >= 11 is 0. The molecule has 0 spiro atoms. The maximum atomic E-state index is 14.4. The van der Waals surface area contributed by atoms with E-state index in [1.54, 1.807) is 30.2 Å². The first-order valence-electron chi connectivity index (χ1n) is 10.8. The highest BCUT2D eigenvalue weighted by Gasteiger charge is 2.51. The van der Waals surface area contributed by atoms with Crippen LogP contribution in [-0.4, -0.2) is 55.0 Å². The topological polar surface area (TPSA) is 88.2 Å². The van der Waals surface area contributed by atoms with Crippen molar-refractivity contribution in [2.45, 2.75) is 31.3 Å². The molecule has 2 atom stereocenters. The lowest BCUT2D eigenvalue weighted by Crippen LogP contribution is -2.44. The molecule has 0 radical (unpaired) electrons. The van der Waals surface area contributed by atoms with E-state index in [0.29, 0.717) is 24.5 Å². The van der Waals surface area contributed by atoms with E-state index in [0.717, 1.165) is 35.1 Å². The SMILES string of the molecule is COc1ccc(OC)c(C2CCCN2C(=O)CN2C(=O)NC(C)(c3cc(F)ccc3F)C2=O)c1. The van der Waals surface area contributed by atoms with Crippen molar-refractivity contribution in [3.05, 3.63) is 59.2 Å². The Hall–Kier alpha value is -3.69. The van der Waals surface area contributed by atoms with Gasteiger partial charge in [-0.2, -0.15) is 0 Å². The first kappa shape index (κ1) is 23.5. The van der Waals surface area contributed by atoms with Crippen molar-refractivity contribution < 1.29 is 32.6 Å². The number of imide groups is 1. The second kappa shape index (κ2) is 8.92. The van der Waals surface area contributed by atoms with E-state index in [2.05, 4.69) is 5.32 Å². The highest BCUT2D eigenvalue weighted by Crippen LogP contribution is 2.39. The number of ether oxygens (including phenoxy) is 2. The molecular weight excluding hydrogens is 448 g/mol. The minimum atomic E-state index is -1.83. The van der Waals surface area contributed by atoms with Crippen LogP contribution in [0.15, 0.2) is 36.4 Å². The van der Waals surface area contributed by atoms with Gasteiger partial charge in [-0.05, 0) is 56.2 Å². The largest absolute Gasteiger partial charge is 0.497 e. The monoisotopic (exact) mass is 473 g/mol. The predicted octanol–water partition coefficient (Wildman–Crippen LogP) is 3.11. The Bertz CT molecular complexity index is 1160. The number of benzene rings is 2. The Morgan fingerprint density at radius 1 is 1.15 bits per heavy atom. The zero-order valence-electron chi connectivity index (χ0n) is 19.1. The van der Waals surface area contributed by atoms with Gasteiger partial charge in [-0.25, -0.2) is 13.6 Å². The first-order valence-corrected chi connectivity index (χ1v) is 10.8. The smallest absolute Gasteiger partial charge is 0.325 e. The van der Waals surface area contributed by atoms with Crippen molar-refractivity contribution in [1.82, 2.24) is 15.1 Å². The third-order valence-electron chi connectivity index (χ3n) is 6.40. The summed E-state index contributed by atoms with van der Waals surface area (Å²) in [6.45, 7) is 1.19. The van der Waals surface area contributed by atoms with Crippen molar-refractivity contribution >= 4 is 17.8 Å². The number of nitrogens with one attached hydrogen (secondary N) is 1. The second-order valence-electron chi connectivity index (χ2n) is 8.42. The number of amides is 4. The molecule has 0 aromatic heterocycles. The van der Waals surface area contributed by atoms with Crippen LogP contribution in [0.2, 0.25) is 0 Å². The lowest BCUT2D eigenvalue weighted by molar-refractivity contribution is -0.139. The zero-order chi connectivity index (χ0) is 24.6. The van der Waals surface area contributed by atoms with E-state index in [-0.39, 0.29) is 11.6 Å². The lowest BCUT2D eigenvalue weighted by Gasteiger charge is -2.28. The molecule has 4 rings (SSSR count). The maximum absolute atomic E-state index is 14.4. The molecule has 0 bridgehead atoms. The van der Waals surface area contributed by atoms with Gasteiger partial charge >= 0.3 is 6.03 Å². The molecule has 0 aliphatic carbocycles. The van der Waals surface area contributed by atoms with Crippen molar-refractivity contribution in [3.63, 3.8) is 0 Å². The summed E-state index contributed by atoms with van der Waals surface area (Å²) in [5, 5.41) is 2.41. The van der Waals surface area contributed by atoms with Crippen LogP contribution in [0.1, 0.15) is 36.9 Å². The fourth-order valence-electron chi connectivity index (χ4n) is 4.62. The fourth-order valence-corrected chi connectivity index (χ4v) is 4.62. The quantitative estimate of drug-likeness (QED) is 0.652. The number of hydrogen-bond acceptors (Lipinski definition) is 5. The van der Waals surface area contributed by atoms with Gasteiger partial charge in [-0.15, -0.1) is 0 Å². The summed E-state index contributed by atoms with van der Waals surface area (Å²) in [6.07, 6.45) is 1.39. The number of nitrogens with zero attached hydrogens (tertiary/aromatic N) is 2. The molecule has 2 heterocycles. The highest BCUT2D eigenvalue weighted by molar-refractivity contribution is 6.09. The summed E-state index contributed by atoms with van der Waals surface area (Å²) in [4.78, 5) is 41.3. The van der Waals surface area contributed by atoms with Gasteiger partial charge in [0.2, 0.25) is 5.91 Å².